The van der Waals surface area contributed by atoms with Crippen molar-refractivity contribution >= 4 is 11.8 Å². The molecule has 2 aromatic rings. The lowest BCUT2D eigenvalue weighted by Gasteiger charge is -2.44. The van der Waals surface area contributed by atoms with Crippen LogP contribution in [-0.2, 0) is 16.1 Å². The number of carbonyl (C=O) groups is 1. The summed E-state index contributed by atoms with van der Waals surface area (Å²) in [6, 6.07) is 4.96. The molecule has 0 amide bonds. The molecule has 3 saturated carbocycles. The van der Waals surface area contributed by atoms with Crippen molar-refractivity contribution in [1.29, 1.82) is 0 Å². The van der Waals surface area contributed by atoms with Crippen LogP contribution in [0.4, 0.5) is 19.0 Å². The van der Waals surface area contributed by atoms with Crippen molar-refractivity contribution in [2.75, 3.05) is 5.32 Å². The fraction of sp³-hybridized carbons (Fsp3) is 0.538. The van der Waals surface area contributed by atoms with Crippen LogP contribution in [0.25, 0.3) is 11.1 Å². The number of alkyl halides is 2. The standard InChI is InChI=1S/C26H29F3N2O4/c1-15-8-19(23(27)21(9-15)35-18-6-7-18)20-11-30-22(10-16(20)12-34-17-4-2-3-5-17)31-25(24(32)33)13-26(28,29)14-25/h8-11,17-18H,2-7,12-14H2,1H3,(H,30,31)(H,32,33). The van der Waals surface area contributed by atoms with Crippen LogP contribution >= 0.6 is 0 Å². The van der Waals surface area contributed by atoms with E-state index in [4.69, 9.17) is 9.47 Å². The minimum atomic E-state index is -3.04. The van der Waals surface area contributed by atoms with Crippen molar-refractivity contribution in [2.24, 2.45) is 0 Å². The number of aromatic nitrogens is 1. The van der Waals surface area contributed by atoms with E-state index in [1.807, 2.05) is 6.92 Å². The summed E-state index contributed by atoms with van der Waals surface area (Å²) < 4.78 is 54.5. The van der Waals surface area contributed by atoms with Crippen molar-refractivity contribution in [3.63, 3.8) is 0 Å². The minimum Gasteiger partial charge on any atom is -0.487 e. The van der Waals surface area contributed by atoms with E-state index in [2.05, 4.69) is 10.3 Å². The Balaban J connectivity index is 1.48. The van der Waals surface area contributed by atoms with Gasteiger partial charge in [0.1, 0.15) is 11.4 Å². The van der Waals surface area contributed by atoms with Gasteiger partial charge in [-0.3, -0.25) is 0 Å². The second-order valence-electron chi connectivity index (χ2n) is 10.1. The van der Waals surface area contributed by atoms with Crippen LogP contribution in [0.3, 0.4) is 0 Å². The number of ether oxygens (including phenoxy) is 2. The van der Waals surface area contributed by atoms with Gasteiger partial charge in [0, 0.05) is 30.2 Å². The predicted octanol–water partition coefficient (Wildman–Crippen LogP) is 5.86. The molecule has 0 saturated heterocycles. The van der Waals surface area contributed by atoms with E-state index in [9.17, 15) is 18.7 Å². The van der Waals surface area contributed by atoms with Crippen LogP contribution in [0, 0.1) is 12.7 Å². The molecular weight excluding hydrogens is 461 g/mol. The normalized spacial score (nSPS) is 20.9. The van der Waals surface area contributed by atoms with E-state index in [0.717, 1.165) is 44.1 Å². The molecule has 3 fully saturated rings. The molecule has 3 aliphatic carbocycles. The number of nitrogens with zero attached hydrogens (tertiary/aromatic N) is 1. The highest BCUT2D eigenvalue weighted by Crippen LogP contribution is 2.47. The molecule has 0 aliphatic heterocycles. The van der Waals surface area contributed by atoms with Gasteiger partial charge < -0.3 is 19.9 Å². The maximum absolute atomic E-state index is 15.5. The maximum atomic E-state index is 15.5. The lowest BCUT2D eigenvalue weighted by molar-refractivity contribution is -0.168. The third kappa shape index (κ3) is 5.10. The smallest absolute Gasteiger partial charge is 0.329 e. The molecule has 0 unspecified atom stereocenters. The summed E-state index contributed by atoms with van der Waals surface area (Å²) in [6.07, 6.45) is 5.80. The molecule has 9 heteroatoms. The van der Waals surface area contributed by atoms with Gasteiger partial charge in [0.15, 0.2) is 11.6 Å². The number of halogens is 3. The van der Waals surface area contributed by atoms with E-state index in [-0.39, 0.29) is 30.4 Å². The first-order chi connectivity index (χ1) is 16.6. The molecule has 5 rings (SSSR count). The summed E-state index contributed by atoms with van der Waals surface area (Å²) in [4.78, 5) is 16.1. The third-order valence-corrected chi connectivity index (χ3v) is 6.96. The number of nitrogens with one attached hydrogen (secondary N) is 1. The number of anilines is 1. The van der Waals surface area contributed by atoms with E-state index in [1.54, 1.807) is 18.2 Å². The van der Waals surface area contributed by atoms with E-state index in [1.165, 1.54) is 6.20 Å². The number of rotatable bonds is 9. The Morgan fingerprint density at radius 3 is 2.46 bits per heavy atom. The largest absolute Gasteiger partial charge is 0.487 e. The van der Waals surface area contributed by atoms with Crippen molar-refractivity contribution < 1.29 is 32.5 Å². The first-order valence-corrected chi connectivity index (χ1v) is 12.1. The Morgan fingerprint density at radius 1 is 1.11 bits per heavy atom. The molecule has 0 atom stereocenters. The number of benzene rings is 1. The van der Waals surface area contributed by atoms with Gasteiger partial charge in [-0.1, -0.05) is 12.8 Å². The molecule has 2 N–H and O–H groups in total. The zero-order valence-electron chi connectivity index (χ0n) is 19.6. The first kappa shape index (κ1) is 23.9. The highest BCUT2D eigenvalue weighted by atomic mass is 19.3. The monoisotopic (exact) mass is 490 g/mol. The maximum Gasteiger partial charge on any atom is 0.329 e. The van der Waals surface area contributed by atoms with Crippen LogP contribution in [0.1, 0.15) is 62.5 Å². The van der Waals surface area contributed by atoms with Gasteiger partial charge in [-0.15, -0.1) is 0 Å². The van der Waals surface area contributed by atoms with Crippen LogP contribution < -0.4 is 10.1 Å². The topological polar surface area (TPSA) is 80.7 Å². The Morgan fingerprint density at radius 2 is 1.83 bits per heavy atom. The molecule has 1 heterocycles. The quantitative estimate of drug-likeness (QED) is 0.458. The molecule has 0 radical (unpaired) electrons. The minimum absolute atomic E-state index is 0.0295. The Hall–Kier alpha value is -2.81. The molecule has 3 aliphatic rings. The van der Waals surface area contributed by atoms with E-state index >= 15 is 4.39 Å². The van der Waals surface area contributed by atoms with Gasteiger partial charge in [0.2, 0.25) is 0 Å². The van der Waals surface area contributed by atoms with Gasteiger partial charge in [-0.05, 0) is 61.9 Å². The predicted molar refractivity (Wildman–Crippen MR) is 123 cm³/mol. The number of hydrogen-bond donors (Lipinski definition) is 2. The fourth-order valence-electron chi connectivity index (χ4n) is 4.94. The van der Waals surface area contributed by atoms with Crippen molar-refractivity contribution in [1.82, 2.24) is 4.98 Å². The Labute approximate surface area is 201 Å². The van der Waals surface area contributed by atoms with Gasteiger partial charge >= 0.3 is 5.97 Å². The number of hydrogen-bond acceptors (Lipinski definition) is 5. The number of aliphatic carboxylic acids is 1. The molecular formula is C26H29F3N2O4. The van der Waals surface area contributed by atoms with Crippen LogP contribution in [-0.4, -0.2) is 39.7 Å². The van der Waals surface area contributed by atoms with E-state index in [0.29, 0.717) is 16.7 Å². The number of carboxylic acids is 1. The molecule has 1 aromatic heterocycles. The molecule has 6 nitrogen and oxygen atoms in total. The summed E-state index contributed by atoms with van der Waals surface area (Å²) in [5, 5.41) is 12.3. The highest BCUT2D eigenvalue weighted by molar-refractivity contribution is 5.84. The van der Waals surface area contributed by atoms with Crippen LogP contribution in [0.2, 0.25) is 0 Å². The Bertz CT molecular complexity index is 1120. The van der Waals surface area contributed by atoms with Crippen LogP contribution in [0.15, 0.2) is 24.4 Å². The SMILES string of the molecule is Cc1cc(OC2CC2)c(F)c(-c2cnc(NC3(C(=O)O)CC(F)(F)C3)cc2COC2CCCC2)c1. The molecule has 35 heavy (non-hydrogen) atoms. The number of aryl methyl sites for hydroxylation is 1. The molecule has 0 spiro atoms. The molecule has 188 valence electrons. The van der Waals surface area contributed by atoms with Gasteiger partial charge in [-0.2, -0.15) is 0 Å². The number of pyridine rings is 1. The average molecular weight is 491 g/mol. The van der Waals surface area contributed by atoms with Crippen molar-refractivity contribution in [3.8, 4) is 16.9 Å². The van der Waals surface area contributed by atoms with Crippen molar-refractivity contribution in [2.45, 2.75) is 88.6 Å². The lowest BCUT2D eigenvalue weighted by atomic mass is 9.73. The Kier molecular flexibility index (Phi) is 6.15. The zero-order chi connectivity index (χ0) is 24.8. The number of carboxylic acid groups (broad SMARTS) is 1. The van der Waals surface area contributed by atoms with E-state index < -0.39 is 36.1 Å². The highest BCUT2D eigenvalue weighted by Gasteiger charge is 2.61. The summed E-state index contributed by atoms with van der Waals surface area (Å²) in [5.41, 5.74) is 0.444. The first-order valence-electron chi connectivity index (χ1n) is 12.1. The van der Waals surface area contributed by atoms with Gasteiger partial charge in [0.25, 0.3) is 5.92 Å². The summed E-state index contributed by atoms with van der Waals surface area (Å²) in [7, 11) is 0. The third-order valence-electron chi connectivity index (χ3n) is 6.96. The fourth-order valence-corrected chi connectivity index (χ4v) is 4.94. The van der Waals surface area contributed by atoms with Gasteiger partial charge in [0.05, 0.1) is 18.8 Å². The molecule has 0 bridgehead atoms. The summed E-state index contributed by atoms with van der Waals surface area (Å²) >= 11 is 0. The average Bonchev–Trinajstić information content (AvgIpc) is 3.43. The lowest BCUT2D eigenvalue weighted by Crippen LogP contribution is -2.62. The van der Waals surface area contributed by atoms with Crippen LogP contribution in [0.5, 0.6) is 5.75 Å². The summed E-state index contributed by atoms with van der Waals surface area (Å²) in [6.45, 7) is 2.02. The molecule has 1 aromatic carbocycles. The van der Waals surface area contributed by atoms with Gasteiger partial charge in [-0.25, -0.2) is 22.9 Å². The second kappa shape index (κ2) is 9.00. The second-order valence-corrected chi connectivity index (χ2v) is 10.1. The zero-order valence-corrected chi connectivity index (χ0v) is 19.6. The summed E-state index contributed by atoms with van der Waals surface area (Å²) in [5.74, 6) is -4.56. The van der Waals surface area contributed by atoms with Crippen molar-refractivity contribution in [3.05, 3.63) is 41.3 Å².